The molecule has 0 saturated carbocycles. The van der Waals surface area contributed by atoms with E-state index in [1.54, 1.807) is 30.3 Å². The first-order valence-electron chi connectivity index (χ1n) is 6.79. The summed E-state index contributed by atoms with van der Waals surface area (Å²) in [5.41, 5.74) is 2.34. The van der Waals surface area contributed by atoms with Crippen LogP contribution < -0.4 is 0 Å². The van der Waals surface area contributed by atoms with Gasteiger partial charge in [-0.3, -0.25) is 9.59 Å². The van der Waals surface area contributed by atoms with Crippen molar-refractivity contribution >= 4 is 23.2 Å². The van der Waals surface area contributed by atoms with Gasteiger partial charge in [0.05, 0.1) is 12.0 Å². The predicted octanol–water partition coefficient (Wildman–Crippen LogP) is 2.37. The molecule has 0 heterocycles. The predicted molar refractivity (Wildman–Crippen MR) is 82.2 cm³/mol. The number of Topliss-reactive ketones (excluding diaryl/α,β-unsaturated/α-hetero) is 2. The van der Waals surface area contributed by atoms with Crippen molar-refractivity contribution in [3.05, 3.63) is 59.2 Å². The van der Waals surface area contributed by atoms with Crippen LogP contribution in [-0.4, -0.2) is 33.8 Å². The first-order valence-corrected chi connectivity index (χ1v) is 7.32. The number of aliphatic hydroxyl groups is 2. The van der Waals surface area contributed by atoms with E-state index >= 15 is 0 Å². The van der Waals surface area contributed by atoms with Crippen molar-refractivity contribution in [1.29, 1.82) is 0 Å². The number of hydrogen-bond donors (Lipinski definition) is 2. The minimum atomic E-state index is -1.15. The van der Waals surface area contributed by atoms with Crippen LogP contribution >= 0.6 is 11.6 Å². The van der Waals surface area contributed by atoms with Crippen LogP contribution in [0.5, 0.6) is 0 Å². The Hall–Kier alpha value is -2.01. The quantitative estimate of drug-likeness (QED) is 0.673. The zero-order chi connectivity index (χ0) is 15.9. The van der Waals surface area contributed by atoms with Crippen LogP contribution in [0.4, 0.5) is 0 Å². The van der Waals surface area contributed by atoms with Gasteiger partial charge in [-0.25, -0.2) is 0 Å². The number of ketones is 2. The molecule has 112 valence electrons. The number of fused-ring (bicyclic) bond motifs is 3. The van der Waals surface area contributed by atoms with Crippen molar-refractivity contribution < 1.29 is 19.8 Å². The summed E-state index contributed by atoms with van der Waals surface area (Å²) in [7, 11) is 0. The van der Waals surface area contributed by atoms with Crippen LogP contribution in [0.15, 0.2) is 42.5 Å². The fourth-order valence-electron chi connectivity index (χ4n) is 2.63. The number of benzene rings is 2. The molecule has 0 fully saturated rings. The van der Waals surface area contributed by atoms with Gasteiger partial charge < -0.3 is 10.2 Å². The first kappa shape index (κ1) is 14.9. The Kier molecular flexibility index (Phi) is 3.83. The van der Waals surface area contributed by atoms with Gasteiger partial charge in [0, 0.05) is 11.1 Å². The summed E-state index contributed by atoms with van der Waals surface area (Å²) in [5, 5.41) is 19.7. The average molecular weight is 317 g/mol. The Morgan fingerprint density at radius 3 is 2.09 bits per heavy atom. The highest BCUT2D eigenvalue weighted by molar-refractivity contribution is 6.52. The second-order valence-corrected chi connectivity index (χ2v) is 5.48. The molecule has 2 unspecified atom stereocenters. The molecule has 0 bridgehead atoms. The minimum Gasteiger partial charge on any atom is -0.389 e. The monoisotopic (exact) mass is 316 g/mol. The number of alkyl halides is 1. The largest absolute Gasteiger partial charge is 0.389 e. The van der Waals surface area contributed by atoms with E-state index in [0.29, 0.717) is 27.8 Å². The Bertz CT molecular complexity index is 769. The highest BCUT2D eigenvalue weighted by Crippen LogP contribution is 2.35. The maximum absolute atomic E-state index is 12.2. The lowest BCUT2D eigenvalue weighted by atomic mass is 9.82. The number of carbonyl (C=O) groups is 2. The third kappa shape index (κ3) is 2.25. The summed E-state index contributed by atoms with van der Waals surface area (Å²) in [4.78, 5) is 24.3. The minimum absolute atomic E-state index is 0.105. The number of hydrogen-bond acceptors (Lipinski definition) is 4. The maximum Gasteiger partial charge on any atom is 0.234 e. The van der Waals surface area contributed by atoms with E-state index in [1.165, 1.54) is 12.1 Å². The summed E-state index contributed by atoms with van der Waals surface area (Å²) in [6.07, 6.45) is -2.25. The fraction of sp³-hybridized carbons (Fsp3) is 0.176. The van der Waals surface area contributed by atoms with E-state index in [9.17, 15) is 19.8 Å². The SMILES string of the molecule is O=C1C(=O)c2ccc(C(O)C(O)CCl)cc2-c2ccccc21. The molecule has 22 heavy (non-hydrogen) atoms. The van der Waals surface area contributed by atoms with E-state index in [-0.39, 0.29) is 5.88 Å². The van der Waals surface area contributed by atoms with Crippen LogP contribution in [0.1, 0.15) is 32.4 Å². The van der Waals surface area contributed by atoms with Gasteiger partial charge in [0.1, 0.15) is 6.10 Å². The average Bonchev–Trinajstić information content (AvgIpc) is 2.57. The zero-order valence-electron chi connectivity index (χ0n) is 11.5. The zero-order valence-corrected chi connectivity index (χ0v) is 12.2. The summed E-state index contributed by atoms with van der Waals surface area (Å²) in [6, 6.07) is 11.5. The highest BCUT2D eigenvalue weighted by atomic mass is 35.5. The Morgan fingerprint density at radius 1 is 0.864 bits per heavy atom. The van der Waals surface area contributed by atoms with Crippen molar-refractivity contribution in [1.82, 2.24) is 0 Å². The summed E-state index contributed by atoms with van der Waals surface area (Å²) < 4.78 is 0. The molecule has 2 N–H and O–H groups in total. The van der Waals surface area contributed by atoms with Gasteiger partial charge in [-0.1, -0.05) is 30.3 Å². The van der Waals surface area contributed by atoms with Crippen LogP contribution in [0, 0.1) is 0 Å². The molecular weight excluding hydrogens is 304 g/mol. The molecule has 1 aliphatic rings. The van der Waals surface area contributed by atoms with Gasteiger partial charge in [0.25, 0.3) is 0 Å². The first-order chi connectivity index (χ1) is 10.5. The molecule has 3 rings (SSSR count). The normalized spacial score (nSPS) is 16.0. The van der Waals surface area contributed by atoms with Crippen molar-refractivity contribution in [2.24, 2.45) is 0 Å². The van der Waals surface area contributed by atoms with Crippen molar-refractivity contribution in [3.8, 4) is 11.1 Å². The number of halogens is 1. The van der Waals surface area contributed by atoms with Gasteiger partial charge in [0.2, 0.25) is 11.6 Å². The fourth-order valence-corrected chi connectivity index (χ4v) is 2.80. The standard InChI is InChI=1S/C17H13ClO4/c18-8-14(19)15(20)9-5-6-12-13(7-9)10-3-1-2-4-11(10)16(21)17(12)22/h1-7,14-15,19-20H,8H2. The molecule has 0 radical (unpaired) electrons. The summed E-state index contributed by atoms with van der Waals surface area (Å²) in [5.74, 6) is -1.20. The molecule has 0 aromatic heterocycles. The number of carbonyl (C=O) groups excluding carboxylic acids is 2. The van der Waals surface area contributed by atoms with Crippen molar-refractivity contribution in [3.63, 3.8) is 0 Å². The Morgan fingerprint density at radius 2 is 1.45 bits per heavy atom. The van der Waals surface area contributed by atoms with Crippen molar-refractivity contribution in [2.45, 2.75) is 12.2 Å². The summed E-state index contributed by atoms with van der Waals surface area (Å²) >= 11 is 5.55. The van der Waals surface area contributed by atoms with Crippen LogP contribution in [0.25, 0.3) is 11.1 Å². The molecule has 2 aromatic carbocycles. The molecule has 0 aliphatic heterocycles. The van der Waals surface area contributed by atoms with Crippen LogP contribution in [0.3, 0.4) is 0 Å². The van der Waals surface area contributed by atoms with E-state index < -0.39 is 23.8 Å². The third-order valence-corrected chi connectivity index (χ3v) is 4.14. The van der Waals surface area contributed by atoms with Gasteiger partial charge >= 0.3 is 0 Å². The van der Waals surface area contributed by atoms with Crippen molar-refractivity contribution in [2.75, 3.05) is 5.88 Å². The lowest BCUT2D eigenvalue weighted by Crippen LogP contribution is -2.23. The molecule has 5 heteroatoms. The molecule has 0 amide bonds. The topological polar surface area (TPSA) is 74.6 Å². The Balaban J connectivity index is 2.17. The molecule has 2 aromatic rings. The van der Waals surface area contributed by atoms with E-state index in [2.05, 4.69) is 0 Å². The molecule has 0 saturated heterocycles. The molecule has 4 nitrogen and oxygen atoms in total. The summed E-state index contributed by atoms with van der Waals surface area (Å²) in [6.45, 7) is 0. The Labute approximate surface area is 132 Å². The maximum atomic E-state index is 12.2. The number of aliphatic hydroxyl groups excluding tert-OH is 2. The second-order valence-electron chi connectivity index (χ2n) is 5.18. The lowest BCUT2D eigenvalue weighted by Gasteiger charge is -2.21. The smallest absolute Gasteiger partial charge is 0.234 e. The third-order valence-electron chi connectivity index (χ3n) is 3.82. The lowest BCUT2D eigenvalue weighted by molar-refractivity contribution is 0.0327. The molecular formula is C17H13ClO4. The van der Waals surface area contributed by atoms with E-state index in [0.717, 1.165) is 0 Å². The van der Waals surface area contributed by atoms with E-state index in [4.69, 9.17) is 11.6 Å². The number of rotatable bonds is 3. The van der Waals surface area contributed by atoms with Gasteiger partial charge in [-0.2, -0.15) is 0 Å². The van der Waals surface area contributed by atoms with Gasteiger partial charge in [-0.05, 0) is 28.8 Å². The van der Waals surface area contributed by atoms with Crippen LogP contribution in [-0.2, 0) is 0 Å². The molecule has 1 aliphatic carbocycles. The molecule has 0 spiro atoms. The van der Waals surface area contributed by atoms with Crippen LogP contribution in [0.2, 0.25) is 0 Å². The van der Waals surface area contributed by atoms with Gasteiger partial charge in [-0.15, -0.1) is 11.6 Å². The highest BCUT2D eigenvalue weighted by Gasteiger charge is 2.31. The van der Waals surface area contributed by atoms with E-state index in [1.807, 2.05) is 0 Å². The van der Waals surface area contributed by atoms with Gasteiger partial charge in [0.15, 0.2) is 0 Å². The molecule has 2 atom stereocenters. The second kappa shape index (κ2) is 5.65.